The quantitative estimate of drug-likeness (QED) is 0.639. The molecule has 0 fully saturated rings. The minimum absolute atomic E-state index is 0.0187. The Morgan fingerprint density at radius 2 is 2.15 bits per heavy atom. The predicted octanol–water partition coefficient (Wildman–Crippen LogP) is 1.21. The van der Waals surface area contributed by atoms with Crippen molar-refractivity contribution in [3.8, 4) is 5.75 Å². The van der Waals surface area contributed by atoms with Crippen molar-refractivity contribution in [2.45, 2.75) is 25.4 Å². The zero-order valence-electron chi connectivity index (χ0n) is 11.5. The molecule has 0 aliphatic heterocycles. The van der Waals surface area contributed by atoms with Gasteiger partial charge >= 0.3 is 0 Å². The minimum atomic E-state index is -3.17. The highest BCUT2D eigenvalue weighted by Gasteiger charge is 2.27. The summed E-state index contributed by atoms with van der Waals surface area (Å²) in [7, 11) is 0. The summed E-state index contributed by atoms with van der Waals surface area (Å²) < 4.78 is 30.8. The third-order valence-electron chi connectivity index (χ3n) is 2.74. The first-order chi connectivity index (χ1) is 9.46. The number of benzene rings is 1. The molecule has 4 nitrogen and oxygen atoms in total. The molecule has 1 unspecified atom stereocenters. The first-order valence-corrected chi connectivity index (χ1v) is 6.56. The van der Waals surface area contributed by atoms with Crippen LogP contribution in [0.25, 0.3) is 0 Å². The lowest BCUT2D eigenvalue weighted by Gasteiger charge is -2.17. The van der Waals surface area contributed by atoms with E-state index in [4.69, 9.17) is 9.84 Å². The molecule has 1 aromatic rings. The molecule has 0 aliphatic rings. The van der Waals surface area contributed by atoms with Crippen LogP contribution in [0.4, 0.5) is 8.78 Å². The summed E-state index contributed by atoms with van der Waals surface area (Å²) in [4.78, 5) is 0. The van der Waals surface area contributed by atoms with E-state index in [1.165, 1.54) is 0 Å². The lowest BCUT2D eigenvalue weighted by Crippen LogP contribution is -2.40. The van der Waals surface area contributed by atoms with Crippen LogP contribution in [0.1, 0.15) is 12.5 Å². The molecule has 0 saturated heterocycles. The molecule has 0 aromatic heterocycles. The summed E-state index contributed by atoms with van der Waals surface area (Å²) >= 11 is 0. The lowest BCUT2D eigenvalue weighted by molar-refractivity contribution is -0.0493. The maximum Gasteiger partial charge on any atom is 0.282 e. The number of ether oxygens (including phenoxy) is 1. The van der Waals surface area contributed by atoms with Crippen LogP contribution < -0.4 is 10.1 Å². The summed E-state index contributed by atoms with van der Waals surface area (Å²) in [5.41, 5.74) is 1.12. The van der Waals surface area contributed by atoms with Gasteiger partial charge in [0.1, 0.15) is 25.1 Å². The molecule has 0 bridgehead atoms. The zero-order chi connectivity index (χ0) is 15.0. The number of rotatable bonds is 9. The number of hydrogen-bond donors (Lipinski definition) is 3. The van der Waals surface area contributed by atoms with E-state index in [2.05, 4.69) is 5.32 Å². The second-order valence-electron chi connectivity index (χ2n) is 4.61. The Morgan fingerprint density at radius 1 is 1.40 bits per heavy atom. The van der Waals surface area contributed by atoms with Crippen LogP contribution >= 0.6 is 0 Å². The van der Waals surface area contributed by atoms with E-state index in [0.717, 1.165) is 12.0 Å². The molecule has 0 aliphatic carbocycles. The second-order valence-corrected chi connectivity index (χ2v) is 4.61. The number of aryl methyl sites for hydroxylation is 1. The van der Waals surface area contributed by atoms with Gasteiger partial charge in [0, 0.05) is 6.54 Å². The number of alkyl halides is 2. The Bertz CT molecular complexity index is 402. The van der Waals surface area contributed by atoms with Gasteiger partial charge in [-0.3, -0.25) is 0 Å². The van der Waals surface area contributed by atoms with Crippen molar-refractivity contribution >= 4 is 0 Å². The summed E-state index contributed by atoms with van der Waals surface area (Å²) in [6, 6.07) is 7.49. The molecule has 3 N–H and O–H groups in total. The molecule has 0 heterocycles. The van der Waals surface area contributed by atoms with Crippen LogP contribution in [0.2, 0.25) is 0 Å². The van der Waals surface area contributed by atoms with Crippen molar-refractivity contribution in [2.24, 2.45) is 0 Å². The maximum atomic E-state index is 12.7. The van der Waals surface area contributed by atoms with Gasteiger partial charge in [-0.15, -0.1) is 0 Å². The highest BCUT2D eigenvalue weighted by molar-refractivity contribution is 5.28. The molecule has 0 amide bonds. The van der Waals surface area contributed by atoms with E-state index in [1.54, 1.807) is 6.07 Å². The molecular formula is C14H21F2NO3. The highest BCUT2D eigenvalue weighted by atomic mass is 19.3. The highest BCUT2D eigenvalue weighted by Crippen LogP contribution is 2.14. The van der Waals surface area contributed by atoms with E-state index < -0.39 is 25.2 Å². The largest absolute Gasteiger partial charge is 0.491 e. The van der Waals surface area contributed by atoms with Crippen molar-refractivity contribution in [2.75, 3.05) is 26.3 Å². The fourth-order valence-corrected chi connectivity index (χ4v) is 1.58. The number of hydrogen-bond acceptors (Lipinski definition) is 4. The molecule has 114 valence electrons. The lowest BCUT2D eigenvalue weighted by atomic mass is 10.2. The second kappa shape index (κ2) is 8.14. The number of nitrogens with one attached hydrogen (secondary N) is 1. The van der Waals surface area contributed by atoms with Gasteiger partial charge in [0.25, 0.3) is 5.92 Å². The van der Waals surface area contributed by atoms with Crippen LogP contribution in [0.3, 0.4) is 0 Å². The Labute approximate surface area is 117 Å². The minimum Gasteiger partial charge on any atom is -0.491 e. The smallest absolute Gasteiger partial charge is 0.282 e. The topological polar surface area (TPSA) is 61.7 Å². The van der Waals surface area contributed by atoms with Crippen molar-refractivity contribution in [1.29, 1.82) is 0 Å². The number of aliphatic hydroxyl groups is 2. The third-order valence-corrected chi connectivity index (χ3v) is 2.74. The first-order valence-electron chi connectivity index (χ1n) is 6.56. The van der Waals surface area contributed by atoms with Crippen LogP contribution in [0.5, 0.6) is 5.75 Å². The average Bonchev–Trinajstić information content (AvgIpc) is 2.45. The van der Waals surface area contributed by atoms with E-state index >= 15 is 0 Å². The normalized spacial score (nSPS) is 13.2. The molecule has 20 heavy (non-hydrogen) atoms. The van der Waals surface area contributed by atoms with Gasteiger partial charge in [-0.2, -0.15) is 0 Å². The van der Waals surface area contributed by atoms with Gasteiger partial charge in [-0.25, -0.2) is 8.78 Å². The van der Waals surface area contributed by atoms with Gasteiger partial charge in [0.15, 0.2) is 0 Å². The molecule has 1 rings (SSSR count). The fourth-order valence-electron chi connectivity index (χ4n) is 1.58. The number of halogens is 2. The average molecular weight is 289 g/mol. The molecule has 0 radical (unpaired) electrons. The van der Waals surface area contributed by atoms with E-state index in [9.17, 15) is 13.9 Å². The van der Waals surface area contributed by atoms with E-state index in [1.807, 2.05) is 25.1 Å². The van der Waals surface area contributed by atoms with Crippen molar-refractivity contribution in [3.05, 3.63) is 29.8 Å². The Morgan fingerprint density at radius 3 is 2.80 bits per heavy atom. The molecule has 1 atom stereocenters. The standard InChI is InChI=1S/C14H21F2NO3/c1-2-11-4-3-5-13(6-11)20-8-12(19)7-17-9-14(15,16)10-18/h3-6,12,17-19H,2,7-10H2,1H3. The fraction of sp³-hybridized carbons (Fsp3) is 0.571. The van der Waals surface area contributed by atoms with Crippen LogP contribution in [0.15, 0.2) is 24.3 Å². The predicted molar refractivity (Wildman–Crippen MR) is 72.2 cm³/mol. The maximum absolute atomic E-state index is 12.7. The molecule has 0 saturated carbocycles. The van der Waals surface area contributed by atoms with Crippen LogP contribution in [-0.4, -0.2) is 48.5 Å². The Kier molecular flexibility index (Phi) is 6.84. The summed E-state index contributed by atoms with van der Waals surface area (Å²) in [5, 5.41) is 20.4. The van der Waals surface area contributed by atoms with Crippen molar-refractivity contribution in [1.82, 2.24) is 5.32 Å². The third kappa shape index (κ3) is 6.27. The van der Waals surface area contributed by atoms with Gasteiger partial charge in [0.2, 0.25) is 0 Å². The SMILES string of the molecule is CCc1cccc(OCC(O)CNCC(F)(F)CO)c1. The number of aliphatic hydroxyl groups excluding tert-OH is 2. The van der Waals surface area contributed by atoms with Gasteiger partial charge < -0.3 is 20.3 Å². The van der Waals surface area contributed by atoms with Gasteiger partial charge in [-0.05, 0) is 24.1 Å². The molecular weight excluding hydrogens is 268 g/mol. The Balaban J connectivity index is 2.27. The van der Waals surface area contributed by atoms with E-state index in [-0.39, 0.29) is 13.2 Å². The van der Waals surface area contributed by atoms with Crippen molar-refractivity contribution < 1.29 is 23.7 Å². The Hall–Kier alpha value is -1.24. The summed E-state index contributed by atoms with van der Waals surface area (Å²) in [5.74, 6) is -2.53. The van der Waals surface area contributed by atoms with Gasteiger partial charge in [-0.1, -0.05) is 19.1 Å². The summed E-state index contributed by atoms with van der Waals surface area (Å²) in [6.45, 7) is 0.134. The van der Waals surface area contributed by atoms with Crippen LogP contribution in [0, 0.1) is 0 Å². The molecule has 0 spiro atoms. The van der Waals surface area contributed by atoms with Gasteiger partial charge in [0.05, 0.1) is 6.54 Å². The first kappa shape index (κ1) is 16.8. The zero-order valence-corrected chi connectivity index (χ0v) is 11.5. The molecule has 6 heteroatoms. The van der Waals surface area contributed by atoms with E-state index in [0.29, 0.717) is 5.75 Å². The molecule has 1 aromatic carbocycles. The summed E-state index contributed by atoms with van der Waals surface area (Å²) in [6.07, 6.45) is -0.00727. The van der Waals surface area contributed by atoms with Crippen LogP contribution in [-0.2, 0) is 6.42 Å². The monoisotopic (exact) mass is 289 g/mol. The van der Waals surface area contributed by atoms with Crippen molar-refractivity contribution in [3.63, 3.8) is 0 Å².